The number of hydrogen-bond acceptors (Lipinski definition) is 7. The first kappa shape index (κ1) is 19.2. The molecule has 0 bridgehead atoms. The van der Waals surface area contributed by atoms with Gasteiger partial charge in [-0.2, -0.15) is 30.9 Å². The SMILES string of the molecule is CON(Cc1ccc(-c2noc(C(F)(F)F)n2)s1)S(=O)(=O)N1CCCC1. The third-order valence-electron chi connectivity index (χ3n) is 3.69. The molecule has 2 aromatic rings. The lowest BCUT2D eigenvalue weighted by Crippen LogP contribution is -2.41. The minimum absolute atomic E-state index is 0.0794. The molecule has 0 unspecified atom stereocenters. The lowest BCUT2D eigenvalue weighted by Gasteiger charge is -2.24. The van der Waals surface area contributed by atoms with E-state index >= 15 is 0 Å². The van der Waals surface area contributed by atoms with Crippen molar-refractivity contribution in [3.05, 3.63) is 22.9 Å². The molecule has 26 heavy (non-hydrogen) atoms. The summed E-state index contributed by atoms with van der Waals surface area (Å²) in [4.78, 5) is 9.21. The first-order valence-corrected chi connectivity index (χ1v) is 9.75. The molecule has 3 rings (SSSR count). The summed E-state index contributed by atoms with van der Waals surface area (Å²) in [7, 11) is -2.52. The van der Waals surface area contributed by atoms with E-state index in [-0.39, 0.29) is 12.4 Å². The van der Waals surface area contributed by atoms with Crippen molar-refractivity contribution >= 4 is 21.5 Å². The number of thiophene rings is 1. The highest BCUT2D eigenvalue weighted by atomic mass is 32.2. The third kappa shape index (κ3) is 3.91. The van der Waals surface area contributed by atoms with Crippen LogP contribution in [0.1, 0.15) is 23.6 Å². The maximum absolute atomic E-state index is 12.5. The summed E-state index contributed by atoms with van der Waals surface area (Å²) in [5, 5.41) is 3.31. The molecular formula is C13H15F3N4O4S2. The highest BCUT2D eigenvalue weighted by Crippen LogP contribution is 2.32. The van der Waals surface area contributed by atoms with Crippen LogP contribution in [0.25, 0.3) is 10.7 Å². The molecule has 0 aromatic carbocycles. The Kier molecular flexibility index (Phi) is 5.35. The fraction of sp³-hybridized carbons (Fsp3) is 0.538. The zero-order valence-corrected chi connectivity index (χ0v) is 15.2. The van der Waals surface area contributed by atoms with Crippen molar-refractivity contribution in [1.82, 2.24) is 18.9 Å². The van der Waals surface area contributed by atoms with Crippen LogP contribution in [-0.4, -0.2) is 47.5 Å². The Morgan fingerprint density at radius 1 is 1.35 bits per heavy atom. The maximum Gasteiger partial charge on any atom is 0.471 e. The van der Waals surface area contributed by atoms with Crippen molar-refractivity contribution in [2.75, 3.05) is 20.2 Å². The zero-order chi connectivity index (χ0) is 18.9. The second-order valence-corrected chi connectivity index (χ2v) is 8.43. The largest absolute Gasteiger partial charge is 0.471 e. The van der Waals surface area contributed by atoms with Gasteiger partial charge in [-0.3, -0.25) is 4.84 Å². The maximum atomic E-state index is 12.5. The van der Waals surface area contributed by atoms with Gasteiger partial charge in [-0.1, -0.05) is 9.63 Å². The van der Waals surface area contributed by atoms with Gasteiger partial charge in [-0.25, -0.2) is 0 Å². The van der Waals surface area contributed by atoms with Gasteiger partial charge in [0.2, 0.25) is 5.82 Å². The van der Waals surface area contributed by atoms with Crippen LogP contribution in [0.4, 0.5) is 13.2 Å². The molecule has 0 saturated carbocycles. The Labute approximate surface area is 151 Å². The van der Waals surface area contributed by atoms with E-state index < -0.39 is 22.3 Å². The molecule has 1 aliphatic rings. The molecule has 2 aromatic heterocycles. The Bertz CT molecular complexity index is 859. The molecule has 3 heterocycles. The van der Waals surface area contributed by atoms with Crippen molar-refractivity contribution < 1.29 is 30.9 Å². The van der Waals surface area contributed by atoms with Crippen LogP contribution in [0, 0.1) is 0 Å². The van der Waals surface area contributed by atoms with Crippen molar-refractivity contribution in [3.63, 3.8) is 0 Å². The molecule has 8 nitrogen and oxygen atoms in total. The molecule has 0 aliphatic carbocycles. The van der Waals surface area contributed by atoms with Gasteiger partial charge in [0, 0.05) is 18.0 Å². The Morgan fingerprint density at radius 2 is 2.04 bits per heavy atom. The second kappa shape index (κ2) is 7.23. The average molecular weight is 412 g/mol. The summed E-state index contributed by atoms with van der Waals surface area (Å²) >= 11 is 1.06. The van der Waals surface area contributed by atoms with Crippen LogP contribution in [0.2, 0.25) is 0 Å². The predicted octanol–water partition coefficient (Wildman–Crippen LogP) is 2.52. The molecule has 0 atom stereocenters. The van der Waals surface area contributed by atoms with Crippen molar-refractivity contribution in [3.8, 4) is 10.7 Å². The monoisotopic (exact) mass is 412 g/mol. The van der Waals surface area contributed by atoms with E-state index in [1.807, 2.05) is 0 Å². The lowest BCUT2D eigenvalue weighted by atomic mass is 10.4. The first-order valence-electron chi connectivity index (χ1n) is 7.53. The molecule has 1 fully saturated rings. The fourth-order valence-electron chi connectivity index (χ4n) is 2.44. The summed E-state index contributed by atoms with van der Waals surface area (Å²) in [5.74, 6) is -1.64. The topological polar surface area (TPSA) is 88.8 Å². The Balaban J connectivity index is 1.76. The van der Waals surface area contributed by atoms with Crippen LogP contribution in [0.5, 0.6) is 0 Å². The van der Waals surface area contributed by atoms with Crippen molar-refractivity contribution in [2.45, 2.75) is 25.6 Å². The zero-order valence-electron chi connectivity index (χ0n) is 13.6. The van der Waals surface area contributed by atoms with Gasteiger partial charge in [0.25, 0.3) is 0 Å². The molecule has 1 aliphatic heterocycles. The first-order chi connectivity index (χ1) is 12.2. The molecule has 144 valence electrons. The van der Waals surface area contributed by atoms with Gasteiger partial charge in [0.1, 0.15) is 0 Å². The van der Waals surface area contributed by atoms with E-state index in [1.54, 1.807) is 6.07 Å². The normalized spacial score (nSPS) is 16.7. The molecular weight excluding hydrogens is 397 g/mol. The number of halogens is 3. The quantitative estimate of drug-likeness (QED) is 0.678. The van der Waals surface area contributed by atoms with Crippen molar-refractivity contribution in [1.29, 1.82) is 0 Å². The van der Waals surface area contributed by atoms with Crippen LogP contribution in [0.15, 0.2) is 16.7 Å². The summed E-state index contributed by atoms with van der Waals surface area (Å²) in [6, 6.07) is 3.08. The number of rotatable bonds is 6. The highest BCUT2D eigenvalue weighted by Gasteiger charge is 2.38. The Morgan fingerprint density at radius 3 is 2.62 bits per heavy atom. The minimum atomic E-state index is -4.72. The van der Waals surface area contributed by atoms with Gasteiger partial charge in [0.05, 0.1) is 18.5 Å². The number of alkyl halides is 3. The molecule has 1 saturated heterocycles. The van der Waals surface area contributed by atoms with E-state index in [0.717, 1.165) is 28.6 Å². The molecule has 0 spiro atoms. The second-order valence-electron chi connectivity index (χ2n) is 5.44. The fourth-order valence-corrected chi connectivity index (χ4v) is 4.90. The molecule has 0 N–H and O–H groups in total. The number of hydrogen-bond donors (Lipinski definition) is 0. The number of hydroxylamine groups is 1. The molecule has 0 radical (unpaired) electrons. The van der Waals surface area contributed by atoms with Crippen LogP contribution >= 0.6 is 11.3 Å². The van der Waals surface area contributed by atoms with Crippen LogP contribution < -0.4 is 0 Å². The lowest BCUT2D eigenvalue weighted by molar-refractivity contribution is -0.159. The van der Waals surface area contributed by atoms with Gasteiger partial charge in [-0.05, 0) is 25.0 Å². The highest BCUT2D eigenvalue weighted by molar-refractivity contribution is 7.86. The summed E-state index contributed by atoms with van der Waals surface area (Å²) in [6.45, 7) is 0.784. The Hall–Kier alpha value is -1.54. The standard InChI is InChI=1S/C13H15F3N4O4S2/c1-23-20(26(21,22)19-6-2-3-7-19)8-9-4-5-10(25-9)11-17-12(24-18-11)13(14,15)16/h4-5H,2-3,6-8H2,1H3. The van der Waals surface area contributed by atoms with Crippen LogP contribution in [-0.2, 0) is 27.8 Å². The van der Waals surface area contributed by atoms with E-state index in [2.05, 4.69) is 14.7 Å². The average Bonchev–Trinajstić information content (AvgIpc) is 3.32. The molecule has 13 heteroatoms. The van der Waals surface area contributed by atoms with Crippen LogP contribution in [0.3, 0.4) is 0 Å². The summed E-state index contributed by atoms with van der Waals surface area (Å²) < 4.78 is 69.0. The number of nitrogens with zero attached hydrogens (tertiary/aromatic N) is 4. The minimum Gasteiger partial charge on any atom is -0.329 e. The van der Waals surface area contributed by atoms with Crippen molar-refractivity contribution in [2.24, 2.45) is 0 Å². The summed E-state index contributed by atoms with van der Waals surface area (Å²) in [6.07, 6.45) is -3.14. The van der Waals surface area contributed by atoms with Gasteiger partial charge < -0.3 is 4.52 Å². The van der Waals surface area contributed by atoms with E-state index in [1.165, 1.54) is 17.5 Å². The van der Waals surface area contributed by atoms with E-state index in [4.69, 9.17) is 4.84 Å². The number of aromatic nitrogens is 2. The van der Waals surface area contributed by atoms with E-state index in [9.17, 15) is 21.6 Å². The van der Waals surface area contributed by atoms with Gasteiger partial charge in [0.15, 0.2) is 0 Å². The third-order valence-corrected chi connectivity index (χ3v) is 6.56. The summed E-state index contributed by atoms with van der Waals surface area (Å²) in [5.41, 5.74) is 0. The predicted molar refractivity (Wildman–Crippen MR) is 84.9 cm³/mol. The molecule has 0 amide bonds. The van der Waals surface area contributed by atoms with E-state index in [0.29, 0.717) is 22.8 Å². The smallest absolute Gasteiger partial charge is 0.329 e. The van der Waals surface area contributed by atoms with Gasteiger partial charge in [-0.15, -0.1) is 11.3 Å². The van der Waals surface area contributed by atoms with Gasteiger partial charge >= 0.3 is 22.3 Å².